The number of halogens is 1. The Hall–Kier alpha value is -1.36. The minimum Gasteiger partial charge on any atom is -0.481 e. The van der Waals surface area contributed by atoms with Gasteiger partial charge in [-0.3, -0.25) is 9.59 Å². The summed E-state index contributed by atoms with van der Waals surface area (Å²) in [7, 11) is 0. The summed E-state index contributed by atoms with van der Waals surface area (Å²) in [6.45, 7) is 4.95. The van der Waals surface area contributed by atoms with Crippen LogP contribution in [-0.4, -0.2) is 17.0 Å². The predicted molar refractivity (Wildman–Crippen MR) is 76.7 cm³/mol. The highest BCUT2D eigenvalue weighted by Crippen LogP contribution is 2.22. The number of hydrogen-bond acceptors (Lipinski definition) is 2. The lowest BCUT2D eigenvalue weighted by molar-refractivity contribution is -0.149. The van der Waals surface area contributed by atoms with E-state index in [2.05, 4.69) is 21.2 Å². The zero-order chi connectivity index (χ0) is 14.6. The lowest BCUT2D eigenvalue weighted by atomic mass is 9.89. The fourth-order valence-electron chi connectivity index (χ4n) is 1.60. The first-order valence-electron chi connectivity index (χ1n) is 6.00. The Bertz CT molecular complexity index is 468. The minimum atomic E-state index is -1.05. The normalized spacial score (nSPS) is 12.8. The Morgan fingerprint density at radius 1 is 1.32 bits per heavy atom. The van der Waals surface area contributed by atoms with Crippen LogP contribution in [0, 0.1) is 5.41 Å². The molecule has 0 saturated carbocycles. The zero-order valence-corrected chi connectivity index (χ0v) is 12.8. The van der Waals surface area contributed by atoms with Crippen molar-refractivity contribution in [3.63, 3.8) is 0 Å². The summed E-state index contributed by atoms with van der Waals surface area (Å²) >= 11 is 3.35. The van der Waals surface area contributed by atoms with Crippen molar-refractivity contribution in [1.29, 1.82) is 0 Å². The molecule has 0 unspecified atom stereocenters. The van der Waals surface area contributed by atoms with E-state index in [4.69, 9.17) is 5.11 Å². The van der Waals surface area contributed by atoms with E-state index in [0.29, 0.717) is 0 Å². The monoisotopic (exact) mass is 327 g/mol. The molecule has 0 aliphatic rings. The first-order chi connectivity index (χ1) is 8.72. The van der Waals surface area contributed by atoms with Gasteiger partial charge in [-0.25, -0.2) is 0 Å². The lowest BCUT2D eigenvalue weighted by Crippen LogP contribution is -2.34. The van der Waals surface area contributed by atoms with Crippen LogP contribution >= 0.6 is 15.9 Å². The number of amides is 1. The number of hydrogen-bond donors (Lipinski definition) is 2. The topological polar surface area (TPSA) is 66.4 Å². The molecule has 0 spiro atoms. The molecular formula is C14H18BrNO3. The van der Waals surface area contributed by atoms with Crippen LogP contribution in [0.4, 0.5) is 0 Å². The van der Waals surface area contributed by atoms with Gasteiger partial charge in [0.25, 0.3) is 0 Å². The summed E-state index contributed by atoms with van der Waals surface area (Å²) in [5, 5.41) is 11.8. The van der Waals surface area contributed by atoms with Crippen LogP contribution in [0.2, 0.25) is 0 Å². The molecule has 0 aromatic heterocycles. The van der Waals surface area contributed by atoms with Gasteiger partial charge in [0.15, 0.2) is 0 Å². The van der Waals surface area contributed by atoms with Gasteiger partial charge in [0.1, 0.15) is 0 Å². The van der Waals surface area contributed by atoms with Crippen LogP contribution in [0.15, 0.2) is 28.7 Å². The lowest BCUT2D eigenvalue weighted by Gasteiger charge is -2.20. The summed E-state index contributed by atoms with van der Waals surface area (Å²) in [6.07, 6.45) is -0.0385. The minimum absolute atomic E-state index is 0.0385. The van der Waals surface area contributed by atoms with Gasteiger partial charge in [0.2, 0.25) is 5.91 Å². The third kappa shape index (κ3) is 4.67. The molecule has 0 saturated heterocycles. The van der Waals surface area contributed by atoms with E-state index >= 15 is 0 Å². The third-order valence-electron chi connectivity index (χ3n) is 2.93. The van der Waals surface area contributed by atoms with Gasteiger partial charge in [0.05, 0.1) is 11.5 Å². The van der Waals surface area contributed by atoms with Crippen molar-refractivity contribution >= 4 is 27.8 Å². The molecule has 0 bridgehead atoms. The number of rotatable bonds is 5. The Morgan fingerprint density at radius 3 is 2.32 bits per heavy atom. The van der Waals surface area contributed by atoms with E-state index in [1.807, 2.05) is 31.2 Å². The fraction of sp³-hybridized carbons (Fsp3) is 0.429. The number of benzene rings is 1. The quantitative estimate of drug-likeness (QED) is 0.873. The van der Waals surface area contributed by atoms with Crippen molar-refractivity contribution in [2.45, 2.75) is 33.2 Å². The number of nitrogens with one attached hydrogen (secondary N) is 1. The summed E-state index contributed by atoms with van der Waals surface area (Å²) in [5.41, 5.74) is -0.0755. The van der Waals surface area contributed by atoms with Crippen LogP contribution in [0.5, 0.6) is 0 Å². The van der Waals surface area contributed by atoms with E-state index in [1.54, 1.807) is 13.8 Å². The maximum Gasteiger partial charge on any atom is 0.309 e. The summed E-state index contributed by atoms with van der Waals surface area (Å²) < 4.78 is 0.974. The molecular weight excluding hydrogens is 310 g/mol. The van der Waals surface area contributed by atoms with Gasteiger partial charge in [-0.2, -0.15) is 0 Å². The molecule has 0 fully saturated rings. The molecule has 0 radical (unpaired) electrons. The van der Waals surface area contributed by atoms with Crippen molar-refractivity contribution in [1.82, 2.24) is 5.32 Å². The van der Waals surface area contributed by atoms with Crippen molar-refractivity contribution in [3.05, 3.63) is 34.3 Å². The second-order valence-corrected chi connectivity index (χ2v) is 6.12. The fourth-order valence-corrected chi connectivity index (χ4v) is 1.87. The summed E-state index contributed by atoms with van der Waals surface area (Å²) in [4.78, 5) is 22.8. The van der Waals surface area contributed by atoms with Crippen LogP contribution in [0.1, 0.15) is 38.8 Å². The first-order valence-corrected chi connectivity index (χ1v) is 6.80. The molecule has 5 heteroatoms. The van der Waals surface area contributed by atoms with Gasteiger partial charge in [-0.05, 0) is 38.5 Å². The van der Waals surface area contributed by atoms with Crippen LogP contribution in [-0.2, 0) is 9.59 Å². The van der Waals surface area contributed by atoms with Gasteiger partial charge in [0, 0.05) is 10.9 Å². The number of aliphatic carboxylic acids is 1. The number of carboxylic acid groups (broad SMARTS) is 1. The third-order valence-corrected chi connectivity index (χ3v) is 3.46. The maximum absolute atomic E-state index is 11.8. The molecule has 0 aliphatic carbocycles. The molecule has 1 rings (SSSR count). The van der Waals surface area contributed by atoms with E-state index < -0.39 is 11.4 Å². The van der Waals surface area contributed by atoms with Crippen molar-refractivity contribution in [2.75, 3.05) is 0 Å². The number of carbonyl (C=O) groups excluding carboxylic acids is 1. The van der Waals surface area contributed by atoms with Gasteiger partial charge < -0.3 is 10.4 Å². The molecule has 4 nitrogen and oxygen atoms in total. The largest absolute Gasteiger partial charge is 0.481 e. The Morgan fingerprint density at radius 2 is 1.84 bits per heavy atom. The molecule has 2 N–H and O–H groups in total. The van der Waals surface area contributed by atoms with Gasteiger partial charge in [-0.15, -0.1) is 0 Å². The molecule has 1 aromatic rings. The summed E-state index contributed by atoms with van der Waals surface area (Å²) in [5.74, 6) is -1.23. The first kappa shape index (κ1) is 15.7. The highest BCUT2D eigenvalue weighted by atomic mass is 79.9. The van der Waals surface area contributed by atoms with Crippen LogP contribution in [0.25, 0.3) is 0 Å². The molecule has 1 atom stereocenters. The van der Waals surface area contributed by atoms with Crippen molar-refractivity contribution < 1.29 is 14.7 Å². The zero-order valence-electron chi connectivity index (χ0n) is 11.2. The smallest absolute Gasteiger partial charge is 0.309 e. The van der Waals surface area contributed by atoms with E-state index in [1.165, 1.54) is 0 Å². The van der Waals surface area contributed by atoms with E-state index in [0.717, 1.165) is 10.0 Å². The average molecular weight is 328 g/mol. The SMILES string of the molecule is C[C@@H](NC(=O)CC(C)(C)C(=O)O)c1ccc(Br)cc1. The predicted octanol–water partition coefficient (Wildman–Crippen LogP) is 3.13. The number of carbonyl (C=O) groups is 2. The molecule has 0 aliphatic heterocycles. The molecule has 1 amide bonds. The molecule has 0 heterocycles. The van der Waals surface area contributed by atoms with Gasteiger partial charge >= 0.3 is 5.97 Å². The highest BCUT2D eigenvalue weighted by molar-refractivity contribution is 9.10. The Balaban J connectivity index is 2.62. The second-order valence-electron chi connectivity index (χ2n) is 5.21. The standard InChI is InChI=1S/C14H18BrNO3/c1-9(10-4-6-11(15)7-5-10)16-12(17)8-14(2,3)13(18)19/h4-7,9H,8H2,1-3H3,(H,16,17)(H,18,19)/t9-/m1/s1. The maximum atomic E-state index is 11.8. The van der Waals surface area contributed by atoms with Crippen molar-refractivity contribution in [2.24, 2.45) is 5.41 Å². The van der Waals surface area contributed by atoms with E-state index in [-0.39, 0.29) is 18.4 Å². The second kappa shape index (κ2) is 6.19. The summed E-state index contributed by atoms with van der Waals surface area (Å²) in [6, 6.07) is 7.48. The number of carboxylic acids is 1. The Labute approximate surface area is 121 Å². The van der Waals surface area contributed by atoms with Gasteiger partial charge in [-0.1, -0.05) is 28.1 Å². The molecule has 1 aromatic carbocycles. The molecule has 104 valence electrons. The van der Waals surface area contributed by atoms with Crippen LogP contribution < -0.4 is 5.32 Å². The molecule has 19 heavy (non-hydrogen) atoms. The highest BCUT2D eigenvalue weighted by Gasteiger charge is 2.30. The van der Waals surface area contributed by atoms with E-state index in [9.17, 15) is 9.59 Å². The van der Waals surface area contributed by atoms with Crippen molar-refractivity contribution in [3.8, 4) is 0 Å². The van der Waals surface area contributed by atoms with Crippen LogP contribution in [0.3, 0.4) is 0 Å². The average Bonchev–Trinajstić information content (AvgIpc) is 2.28. The Kier molecular flexibility index (Phi) is 5.11.